The highest BCUT2D eigenvalue weighted by atomic mass is 16.6. The SMILES string of the molecule is CC(C)(C)OC(=O)N[C@@H](Cc1cn(COCc2ccccc2)cn1)C(=O)OCC1c2ccccc2-c2ccccc21. The van der Waals surface area contributed by atoms with Crippen LogP contribution in [-0.2, 0) is 38.8 Å². The Morgan fingerprint density at radius 1 is 0.927 bits per heavy atom. The largest absolute Gasteiger partial charge is 0.463 e. The van der Waals surface area contributed by atoms with Crippen LogP contribution in [0.25, 0.3) is 11.1 Å². The molecule has 1 heterocycles. The van der Waals surface area contributed by atoms with Gasteiger partial charge < -0.3 is 24.1 Å². The van der Waals surface area contributed by atoms with Crippen LogP contribution in [0.3, 0.4) is 0 Å². The summed E-state index contributed by atoms with van der Waals surface area (Å²) in [6.07, 6.45) is 2.89. The van der Waals surface area contributed by atoms with Crippen LogP contribution in [0.5, 0.6) is 0 Å². The summed E-state index contributed by atoms with van der Waals surface area (Å²) in [7, 11) is 0. The molecule has 1 atom stereocenters. The first-order valence-electron chi connectivity index (χ1n) is 13.7. The maximum Gasteiger partial charge on any atom is 0.408 e. The Bertz CT molecular complexity index is 1450. The predicted octanol–water partition coefficient (Wildman–Crippen LogP) is 5.85. The van der Waals surface area contributed by atoms with Gasteiger partial charge in [0.15, 0.2) is 0 Å². The number of imidazole rings is 1. The van der Waals surface area contributed by atoms with Crippen molar-refractivity contribution in [2.75, 3.05) is 6.61 Å². The molecule has 1 N–H and O–H groups in total. The lowest BCUT2D eigenvalue weighted by Gasteiger charge is -2.23. The number of nitrogens with one attached hydrogen (secondary N) is 1. The first-order valence-corrected chi connectivity index (χ1v) is 13.7. The van der Waals surface area contributed by atoms with Crippen molar-refractivity contribution in [2.45, 2.75) is 58.1 Å². The number of hydrogen-bond acceptors (Lipinski definition) is 6. The van der Waals surface area contributed by atoms with E-state index >= 15 is 0 Å². The fraction of sp³-hybridized carbons (Fsp3) is 0.303. The first-order chi connectivity index (χ1) is 19.8. The van der Waals surface area contributed by atoms with Crippen LogP contribution in [0, 0.1) is 0 Å². The van der Waals surface area contributed by atoms with Gasteiger partial charge in [-0.15, -0.1) is 0 Å². The Hall–Kier alpha value is -4.43. The topological polar surface area (TPSA) is 91.7 Å². The van der Waals surface area contributed by atoms with E-state index in [9.17, 15) is 9.59 Å². The fourth-order valence-corrected chi connectivity index (χ4v) is 4.98. The van der Waals surface area contributed by atoms with Crippen molar-refractivity contribution in [3.63, 3.8) is 0 Å². The summed E-state index contributed by atoms with van der Waals surface area (Å²) in [6, 6.07) is 25.2. The molecule has 1 aromatic heterocycles. The van der Waals surface area contributed by atoms with Gasteiger partial charge in [-0.05, 0) is 48.6 Å². The molecule has 0 radical (unpaired) electrons. The van der Waals surface area contributed by atoms with Gasteiger partial charge in [-0.2, -0.15) is 0 Å². The lowest BCUT2D eigenvalue weighted by molar-refractivity contribution is -0.146. The third-order valence-corrected chi connectivity index (χ3v) is 6.78. The Labute approximate surface area is 240 Å². The summed E-state index contributed by atoms with van der Waals surface area (Å²) in [6.45, 7) is 6.24. The van der Waals surface area contributed by atoms with Crippen molar-refractivity contribution in [2.24, 2.45) is 0 Å². The second kappa shape index (κ2) is 12.4. The molecule has 212 valence electrons. The molecule has 1 aliphatic rings. The van der Waals surface area contributed by atoms with Gasteiger partial charge in [-0.1, -0.05) is 78.9 Å². The van der Waals surface area contributed by atoms with E-state index in [-0.39, 0.29) is 18.9 Å². The van der Waals surface area contributed by atoms with Gasteiger partial charge in [0.1, 0.15) is 25.0 Å². The zero-order chi connectivity index (χ0) is 28.8. The molecule has 0 fully saturated rings. The monoisotopic (exact) mass is 553 g/mol. The van der Waals surface area contributed by atoms with E-state index in [0.29, 0.717) is 19.0 Å². The third-order valence-electron chi connectivity index (χ3n) is 6.78. The van der Waals surface area contributed by atoms with Crippen molar-refractivity contribution in [3.05, 3.63) is 114 Å². The number of rotatable bonds is 10. The molecule has 8 heteroatoms. The number of nitrogens with zero attached hydrogens (tertiary/aromatic N) is 2. The minimum Gasteiger partial charge on any atom is -0.463 e. The molecule has 0 saturated heterocycles. The highest BCUT2D eigenvalue weighted by molar-refractivity contribution is 5.82. The van der Waals surface area contributed by atoms with E-state index in [2.05, 4.69) is 34.6 Å². The summed E-state index contributed by atoms with van der Waals surface area (Å²) in [5.74, 6) is -0.637. The lowest BCUT2D eigenvalue weighted by Crippen LogP contribution is -2.45. The van der Waals surface area contributed by atoms with E-state index < -0.39 is 23.7 Å². The number of aromatic nitrogens is 2. The second-order valence-electron chi connectivity index (χ2n) is 11.1. The molecule has 41 heavy (non-hydrogen) atoms. The highest BCUT2D eigenvalue weighted by Crippen LogP contribution is 2.44. The van der Waals surface area contributed by atoms with E-state index in [1.165, 1.54) is 0 Å². The van der Waals surface area contributed by atoms with Crippen molar-refractivity contribution < 1.29 is 23.8 Å². The molecule has 0 unspecified atom stereocenters. The predicted molar refractivity (Wildman–Crippen MR) is 155 cm³/mol. The van der Waals surface area contributed by atoms with Crippen LogP contribution >= 0.6 is 0 Å². The van der Waals surface area contributed by atoms with Gasteiger partial charge in [0, 0.05) is 18.5 Å². The minimum atomic E-state index is -0.981. The second-order valence-corrected chi connectivity index (χ2v) is 11.1. The third kappa shape index (κ3) is 7.21. The first kappa shape index (κ1) is 28.1. The average Bonchev–Trinajstić information content (AvgIpc) is 3.53. The summed E-state index contributed by atoms with van der Waals surface area (Å²) in [5.41, 5.74) is 5.50. The maximum atomic E-state index is 13.4. The Morgan fingerprint density at radius 2 is 1.56 bits per heavy atom. The number of carbonyl (C=O) groups is 2. The number of hydrogen-bond donors (Lipinski definition) is 1. The highest BCUT2D eigenvalue weighted by Gasteiger charge is 2.31. The molecule has 5 rings (SSSR count). The average molecular weight is 554 g/mol. The molecule has 0 bridgehead atoms. The van der Waals surface area contributed by atoms with Crippen molar-refractivity contribution in [3.8, 4) is 11.1 Å². The van der Waals surface area contributed by atoms with E-state index in [1.54, 1.807) is 37.9 Å². The molecule has 3 aromatic carbocycles. The van der Waals surface area contributed by atoms with Crippen LogP contribution in [0.4, 0.5) is 4.79 Å². The number of benzene rings is 3. The Kier molecular flexibility index (Phi) is 8.50. The van der Waals surface area contributed by atoms with Gasteiger partial charge >= 0.3 is 12.1 Å². The smallest absolute Gasteiger partial charge is 0.408 e. The summed E-state index contributed by atoms with van der Waals surface area (Å²) >= 11 is 0. The number of ether oxygens (including phenoxy) is 3. The molecule has 1 amide bonds. The standard InChI is InChI=1S/C33H35N3O5/c1-33(2,3)41-32(38)35-30(17-24-18-36(21-34-24)22-39-19-23-11-5-4-6-12-23)31(37)40-20-29-27-15-9-7-13-25(27)26-14-8-10-16-28(26)29/h4-16,18,21,29-30H,17,19-20,22H2,1-3H3,(H,35,38)/t30-/m0/s1. The molecular formula is C33H35N3O5. The Morgan fingerprint density at radius 3 is 2.22 bits per heavy atom. The summed E-state index contributed by atoms with van der Waals surface area (Å²) in [5, 5.41) is 2.69. The summed E-state index contributed by atoms with van der Waals surface area (Å²) in [4.78, 5) is 30.5. The molecule has 1 aliphatic carbocycles. The van der Waals surface area contributed by atoms with Crippen LogP contribution in [0.1, 0.15) is 49.1 Å². The molecule has 8 nitrogen and oxygen atoms in total. The van der Waals surface area contributed by atoms with Crippen molar-refractivity contribution in [1.29, 1.82) is 0 Å². The molecule has 0 saturated carbocycles. The van der Waals surface area contributed by atoms with Crippen molar-refractivity contribution in [1.82, 2.24) is 14.9 Å². The lowest BCUT2D eigenvalue weighted by atomic mass is 9.98. The van der Waals surface area contributed by atoms with E-state index in [0.717, 1.165) is 27.8 Å². The molecule has 0 spiro atoms. The zero-order valence-corrected chi connectivity index (χ0v) is 23.6. The number of alkyl carbamates (subject to hydrolysis) is 1. The van der Waals surface area contributed by atoms with Gasteiger partial charge in [0.25, 0.3) is 0 Å². The van der Waals surface area contributed by atoms with Gasteiger partial charge in [0.2, 0.25) is 0 Å². The fourth-order valence-electron chi connectivity index (χ4n) is 4.98. The van der Waals surface area contributed by atoms with E-state index in [4.69, 9.17) is 14.2 Å². The zero-order valence-electron chi connectivity index (χ0n) is 23.6. The van der Waals surface area contributed by atoms with Gasteiger partial charge in [-0.25, -0.2) is 14.6 Å². The van der Waals surface area contributed by atoms with E-state index in [1.807, 2.05) is 54.6 Å². The Balaban J connectivity index is 1.25. The van der Waals surface area contributed by atoms with Crippen molar-refractivity contribution >= 4 is 12.1 Å². The van der Waals surface area contributed by atoms with Crippen LogP contribution < -0.4 is 5.32 Å². The summed E-state index contributed by atoms with van der Waals surface area (Å²) < 4.78 is 18.9. The minimum absolute atomic E-state index is 0.0884. The van der Waals surface area contributed by atoms with Crippen LogP contribution in [-0.4, -0.2) is 39.9 Å². The number of esters is 1. The number of fused-ring (bicyclic) bond motifs is 3. The molecule has 4 aromatic rings. The maximum absolute atomic E-state index is 13.4. The van der Waals surface area contributed by atoms with Gasteiger partial charge in [0.05, 0.1) is 18.6 Å². The number of amides is 1. The number of carbonyl (C=O) groups excluding carboxylic acids is 2. The van der Waals surface area contributed by atoms with Crippen LogP contribution in [0.2, 0.25) is 0 Å². The molecular weight excluding hydrogens is 518 g/mol. The quantitative estimate of drug-likeness (QED) is 0.248. The molecule has 0 aliphatic heterocycles. The normalized spacial score (nSPS) is 13.2. The van der Waals surface area contributed by atoms with Gasteiger partial charge in [-0.3, -0.25) is 0 Å². The van der Waals surface area contributed by atoms with Crippen LogP contribution in [0.15, 0.2) is 91.4 Å².